The predicted molar refractivity (Wildman–Crippen MR) is 90.8 cm³/mol. The Bertz CT molecular complexity index is 861. The van der Waals surface area contributed by atoms with E-state index in [1.165, 1.54) is 34.6 Å². The molecule has 1 aromatic heterocycles. The SMILES string of the molecule is O=C(CO)c1cnc(NC2c3ccccc3-c3ccccc32)nc1. The lowest BCUT2D eigenvalue weighted by Gasteiger charge is -2.15. The average molecular weight is 317 g/mol. The molecule has 2 N–H and O–H groups in total. The minimum atomic E-state index is -0.542. The average Bonchev–Trinajstić information content (AvgIpc) is 2.96. The molecule has 2 aromatic carbocycles. The van der Waals surface area contributed by atoms with E-state index in [4.69, 9.17) is 5.11 Å². The van der Waals surface area contributed by atoms with Crippen molar-refractivity contribution in [3.63, 3.8) is 0 Å². The van der Waals surface area contributed by atoms with Gasteiger partial charge in [-0.3, -0.25) is 4.79 Å². The van der Waals surface area contributed by atoms with Crippen molar-refractivity contribution in [3.8, 4) is 11.1 Å². The summed E-state index contributed by atoms with van der Waals surface area (Å²) >= 11 is 0. The monoisotopic (exact) mass is 317 g/mol. The molecule has 0 saturated carbocycles. The van der Waals surface area contributed by atoms with Crippen LogP contribution in [0.15, 0.2) is 60.9 Å². The Morgan fingerprint density at radius 2 is 1.50 bits per heavy atom. The maximum Gasteiger partial charge on any atom is 0.223 e. The highest BCUT2D eigenvalue weighted by Gasteiger charge is 2.28. The van der Waals surface area contributed by atoms with Crippen LogP contribution in [0.25, 0.3) is 11.1 Å². The number of rotatable bonds is 4. The molecule has 0 unspecified atom stereocenters. The van der Waals surface area contributed by atoms with Crippen LogP contribution in [0.1, 0.15) is 27.5 Å². The number of Topliss-reactive ketones (excluding diaryl/α,β-unsaturated/α-hetero) is 1. The van der Waals surface area contributed by atoms with E-state index in [0.717, 1.165) is 0 Å². The highest BCUT2D eigenvalue weighted by Crippen LogP contribution is 2.44. The van der Waals surface area contributed by atoms with Gasteiger partial charge in [0.25, 0.3) is 0 Å². The largest absolute Gasteiger partial charge is 0.388 e. The van der Waals surface area contributed by atoms with Gasteiger partial charge in [0.05, 0.1) is 11.6 Å². The summed E-state index contributed by atoms with van der Waals surface area (Å²) in [5, 5.41) is 12.2. The number of aliphatic hydroxyl groups is 1. The number of carbonyl (C=O) groups excluding carboxylic acids is 1. The van der Waals surface area contributed by atoms with Gasteiger partial charge in [-0.05, 0) is 22.3 Å². The van der Waals surface area contributed by atoms with E-state index in [0.29, 0.717) is 11.5 Å². The number of aliphatic hydroxyl groups excluding tert-OH is 1. The van der Waals surface area contributed by atoms with E-state index in [9.17, 15) is 4.79 Å². The van der Waals surface area contributed by atoms with Gasteiger partial charge >= 0.3 is 0 Å². The lowest BCUT2D eigenvalue weighted by molar-refractivity contribution is 0.0903. The second-order valence-corrected chi connectivity index (χ2v) is 5.63. The van der Waals surface area contributed by atoms with E-state index in [1.807, 2.05) is 24.3 Å². The third-order valence-corrected chi connectivity index (χ3v) is 4.22. The molecule has 0 aliphatic heterocycles. The normalized spacial score (nSPS) is 12.5. The minimum absolute atomic E-state index is 0.0307. The van der Waals surface area contributed by atoms with Gasteiger partial charge in [0.1, 0.15) is 6.61 Å². The van der Waals surface area contributed by atoms with E-state index >= 15 is 0 Å². The summed E-state index contributed by atoms with van der Waals surface area (Å²) in [5.41, 5.74) is 5.07. The Labute approximate surface area is 139 Å². The molecule has 5 nitrogen and oxygen atoms in total. The molecule has 1 aliphatic rings. The standard InChI is InChI=1S/C19H15N3O2/c23-11-17(24)12-9-20-19(21-10-12)22-18-15-7-3-1-5-13(15)14-6-2-4-8-16(14)18/h1-10,18,23H,11H2,(H,20,21,22). The molecule has 3 aromatic rings. The number of anilines is 1. The zero-order valence-electron chi connectivity index (χ0n) is 12.8. The van der Waals surface area contributed by atoms with Crippen molar-refractivity contribution in [3.05, 3.63) is 77.6 Å². The molecule has 118 valence electrons. The van der Waals surface area contributed by atoms with Crippen molar-refractivity contribution in [2.75, 3.05) is 11.9 Å². The van der Waals surface area contributed by atoms with Gasteiger partial charge in [-0.15, -0.1) is 0 Å². The molecular weight excluding hydrogens is 302 g/mol. The summed E-state index contributed by atoms with van der Waals surface area (Å²) < 4.78 is 0. The zero-order chi connectivity index (χ0) is 16.5. The molecule has 0 amide bonds. The number of hydrogen-bond donors (Lipinski definition) is 2. The van der Waals surface area contributed by atoms with Gasteiger partial charge in [0.15, 0.2) is 5.78 Å². The van der Waals surface area contributed by atoms with Crippen LogP contribution >= 0.6 is 0 Å². The number of aromatic nitrogens is 2. The Balaban J connectivity index is 1.68. The van der Waals surface area contributed by atoms with Gasteiger partial charge in [-0.1, -0.05) is 48.5 Å². The van der Waals surface area contributed by atoms with Crippen LogP contribution in [-0.2, 0) is 0 Å². The molecule has 0 saturated heterocycles. The van der Waals surface area contributed by atoms with E-state index in [2.05, 4.69) is 39.6 Å². The number of fused-ring (bicyclic) bond motifs is 3. The maximum absolute atomic E-state index is 11.4. The van der Waals surface area contributed by atoms with Crippen LogP contribution < -0.4 is 5.32 Å². The van der Waals surface area contributed by atoms with Gasteiger partial charge < -0.3 is 10.4 Å². The van der Waals surface area contributed by atoms with Gasteiger partial charge in [-0.25, -0.2) is 9.97 Å². The van der Waals surface area contributed by atoms with Gasteiger partial charge in [0, 0.05) is 12.4 Å². The second kappa shape index (κ2) is 5.86. The third kappa shape index (κ3) is 2.35. The van der Waals surface area contributed by atoms with Gasteiger partial charge in [-0.2, -0.15) is 0 Å². The van der Waals surface area contributed by atoms with Crippen molar-refractivity contribution in [2.45, 2.75) is 6.04 Å². The van der Waals surface area contributed by atoms with Crippen molar-refractivity contribution in [1.82, 2.24) is 9.97 Å². The van der Waals surface area contributed by atoms with Crippen molar-refractivity contribution in [1.29, 1.82) is 0 Å². The minimum Gasteiger partial charge on any atom is -0.388 e. The first-order valence-corrected chi connectivity index (χ1v) is 7.69. The number of nitrogens with zero attached hydrogens (tertiary/aromatic N) is 2. The molecule has 0 radical (unpaired) electrons. The maximum atomic E-state index is 11.4. The molecule has 24 heavy (non-hydrogen) atoms. The fraction of sp³-hybridized carbons (Fsp3) is 0.105. The van der Waals surface area contributed by atoms with Crippen LogP contribution in [0, 0.1) is 0 Å². The molecule has 1 aliphatic carbocycles. The fourth-order valence-corrected chi connectivity index (χ4v) is 3.08. The summed E-state index contributed by atoms with van der Waals surface area (Å²) in [4.78, 5) is 19.9. The number of benzene rings is 2. The Kier molecular flexibility index (Phi) is 3.55. The number of nitrogens with one attached hydrogen (secondary N) is 1. The molecule has 5 heteroatoms. The summed E-state index contributed by atoms with van der Waals surface area (Å²) in [5.74, 6) is 0.0547. The number of ketones is 1. The molecule has 0 atom stereocenters. The lowest BCUT2D eigenvalue weighted by Crippen LogP contribution is -2.13. The summed E-state index contributed by atoms with van der Waals surface area (Å²) in [6.45, 7) is -0.542. The second-order valence-electron chi connectivity index (χ2n) is 5.63. The summed E-state index contributed by atoms with van der Waals surface area (Å²) in [7, 11) is 0. The van der Waals surface area contributed by atoms with Crippen LogP contribution in [0.5, 0.6) is 0 Å². The molecule has 0 fully saturated rings. The fourth-order valence-electron chi connectivity index (χ4n) is 3.08. The molecule has 0 bridgehead atoms. The number of carbonyl (C=O) groups is 1. The molecule has 1 heterocycles. The smallest absolute Gasteiger partial charge is 0.223 e. The van der Waals surface area contributed by atoms with Gasteiger partial charge in [0.2, 0.25) is 5.95 Å². The first kappa shape index (κ1) is 14.5. The van der Waals surface area contributed by atoms with Crippen molar-refractivity contribution < 1.29 is 9.90 Å². The highest BCUT2D eigenvalue weighted by molar-refractivity contribution is 5.96. The Morgan fingerprint density at radius 1 is 0.958 bits per heavy atom. The summed E-state index contributed by atoms with van der Waals surface area (Å²) in [6.07, 6.45) is 2.86. The molecule has 4 rings (SSSR count). The van der Waals surface area contributed by atoms with Crippen LogP contribution in [0.3, 0.4) is 0 Å². The van der Waals surface area contributed by atoms with Crippen molar-refractivity contribution in [2.24, 2.45) is 0 Å². The molecular formula is C19H15N3O2. The van der Waals surface area contributed by atoms with E-state index in [1.54, 1.807) is 0 Å². The zero-order valence-corrected chi connectivity index (χ0v) is 12.8. The number of hydrogen-bond acceptors (Lipinski definition) is 5. The Hall–Kier alpha value is -3.05. The van der Waals surface area contributed by atoms with Crippen LogP contribution in [-0.4, -0.2) is 27.5 Å². The molecule has 0 spiro atoms. The first-order chi connectivity index (χ1) is 11.8. The van der Waals surface area contributed by atoms with Crippen LogP contribution in [0.4, 0.5) is 5.95 Å². The lowest BCUT2D eigenvalue weighted by atomic mass is 10.1. The predicted octanol–water partition coefficient (Wildman–Crippen LogP) is 2.83. The van der Waals surface area contributed by atoms with Crippen molar-refractivity contribution >= 4 is 11.7 Å². The quantitative estimate of drug-likeness (QED) is 0.724. The third-order valence-electron chi connectivity index (χ3n) is 4.22. The Morgan fingerprint density at radius 3 is 2.04 bits per heavy atom. The van der Waals surface area contributed by atoms with E-state index < -0.39 is 12.4 Å². The first-order valence-electron chi connectivity index (χ1n) is 7.69. The highest BCUT2D eigenvalue weighted by atomic mass is 16.3. The van der Waals surface area contributed by atoms with Crippen LogP contribution in [0.2, 0.25) is 0 Å². The topological polar surface area (TPSA) is 75.1 Å². The summed E-state index contributed by atoms with van der Waals surface area (Å²) in [6, 6.07) is 16.5. The van der Waals surface area contributed by atoms with E-state index in [-0.39, 0.29) is 6.04 Å².